The van der Waals surface area contributed by atoms with E-state index in [9.17, 15) is 15.4 Å². The van der Waals surface area contributed by atoms with Gasteiger partial charge in [0.15, 0.2) is 11.0 Å². The average Bonchev–Trinajstić information content (AvgIpc) is 3.16. The SMILES string of the molecule is CCn1c(S/C(=C\C#N)c2ccc([N+](=O)[O-])cc2)nnc1-c1ccc(OC)cc1. The van der Waals surface area contributed by atoms with Crippen molar-refractivity contribution in [3.63, 3.8) is 0 Å². The third-order valence-electron chi connectivity index (χ3n) is 4.14. The highest BCUT2D eigenvalue weighted by molar-refractivity contribution is 8.08. The number of nitrogens with zero attached hydrogens (tertiary/aromatic N) is 5. The maximum absolute atomic E-state index is 10.9. The molecule has 0 spiro atoms. The van der Waals surface area contributed by atoms with Crippen LogP contribution in [-0.2, 0) is 6.54 Å². The lowest BCUT2D eigenvalue weighted by molar-refractivity contribution is -0.384. The van der Waals surface area contributed by atoms with Crippen molar-refractivity contribution in [1.82, 2.24) is 14.8 Å². The van der Waals surface area contributed by atoms with Gasteiger partial charge in [0.2, 0.25) is 0 Å². The van der Waals surface area contributed by atoms with Crippen molar-refractivity contribution < 1.29 is 9.66 Å². The highest BCUT2D eigenvalue weighted by Crippen LogP contribution is 2.35. The normalized spacial score (nSPS) is 11.1. The molecule has 0 N–H and O–H groups in total. The lowest BCUT2D eigenvalue weighted by Gasteiger charge is -2.09. The molecule has 0 atom stereocenters. The minimum Gasteiger partial charge on any atom is -0.497 e. The lowest BCUT2D eigenvalue weighted by Crippen LogP contribution is -2.00. The zero-order valence-electron chi connectivity index (χ0n) is 15.8. The van der Waals surface area contributed by atoms with Crippen LogP contribution in [0.15, 0.2) is 59.8 Å². The van der Waals surface area contributed by atoms with E-state index in [4.69, 9.17) is 4.74 Å². The number of allylic oxidation sites excluding steroid dienone is 1. The van der Waals surface area contributed by atoms with E-state index in [-0.39, 0.29) is 5.69 Å². The Bertz CT molecular complexity index is 1080. The third-order valence-corrected chi connectivity index (χ3v) is 5.20. The Morgan fingerprint density at radius 2 is 1.93 bits per heavy atom. The Hall–Kier alpha value is -3.64. The molecule has 3 aromatic rings. The monoisotopic (exact) mass is 407 g/mol. The Labute approximate surface area is 171 Å². The number of aromatic nitrogens is 3. The van der Waals surface area contributed by atoms with E-state index < -0.39 is 4.92 Å². The Kier molecular flexibility index (Phi) is 6.26. The van der Waals surface area contributed by atoms with Crippen LogP contribution >= 0.6 is 11.8 Å². The molecule has 2 aromatic carbocycles. The van der Waals surface area contributed by atoms with Crippen LogP contribution in [0.2, 0.25) is 0 Å². The molecule has 8 nitrogen and oxygen atoms in total. The van der Waals surface area contributed by atoms with Crippen molar-refractivity contribution in [3.05, 3.63) is 70.3 Å². The summed E-state index contributed by atoms with van der Waals surface area (Å²) in [5, 5.41) is 29.3. The van der Waals surface area contributed by atoms with E-state index in [1.165, 1.54) is 30.0 Å². The molecule has 0 amide bonds. The molecule has 29 heavy (non-hydrogen) atoms. The van der Waals surface area contributed by atoms with E-state index >= 15 is 0 Å². The van der Waals surface area contributed by atoms with Gasteiger partial charge in [-0.05, 0) is 60.6 Å². The van der Waals surface area contributed by atoms with E-state index in [1.807, 2.05) is 41.8 Å². The van der Waals surface area contributed by atoms with Crippen molar-refractivity contribution in [2.75, 3.05) is 7.11 Å². The van der Waals surface area contributed by atoms with Gasteiger partial charge in [-0.15, -0.1) is 10.2 Å². The molecule has 0 fully saturated rings. The first kappa shape index (κ1) is 20.1. The number of ether oxygens (including phenoxy) is 1. The van der Waals surface area contributed by atoms with Gasteiger partial charge in [-0.3, -0.25) is 10.1 Å². The van der Waals surface area contributed by atoms with Gasteiger partial charge in [-0.25, -0.2) is 0 Å². The van der Waals surface area contributed by atoms with E-state index in [1.54, 1.807) is 19.2 Å². The van der Waals surface area contributed by atoms with Crippen LogP contribution in [0, 0.1) is 21.4 Å². The highest BCUT2D eigenvalue weighted by Gasteiger charge is 2.16. The Balaban J connectivity index is 1.93. The molecule has 0 saturated carbocycles. The van der Waals surface area contributed by atoms with Crippen molar-refractivity contribution in [1.29, 1.82) is 5.26 Å². The largest absolute Gasteiger partial charge is 0.497 e. The first-order valence-electron chi connectivity index (χ1n) is 8.67. The fourth-order valence-corrected chi connectivity index (χ4v) is 3.65. The van der Waals surface area contributed by atoms with Gasteiger partial charge in [0.1, 0.15) is 5.75 Å². The number of benzene rings is 2. The average molecular weight is 407 g/mol. The number of non-ortho nitro benzene ring substituents is 1. The molecule has 9 heteroatoms. The fourth-order valence-electron chi connectivity index (χ4n) is 2.68. The predicted molar refractivity (Wildman–Crippen MR) is 110 cm³/mol. The van der Waals surface area contributed by atoms with Gasteiger partial charge in [0, 0.05) is 35.2 Å². The molecule has 0 bridgehead atoms. The molecule has 1 aromatic heterocycles. The summed E-state index contributed by atoms with van der Waals surface area (Å²) in [4.78, 5) is 11.0. The summed E-state index contributed by atoms with van der Waals surface area (Å²) >= 11 is 1.29. The van der Waals surface area contributed by atoms with Gasteiger partial charge in [0.05, 0.1) is 18.1 Å². The molecule has 0 saturated heterocycles. The van der Waals surface area contributed by atoms with Crippen LogP contribution in [0.25, 0.3) is 16.3 Å². The summed E-state index contributed by atoms with van der Waals surface area (Å²) in [5.74, 6) is 1.46. The number of hydrogen-bond donors (Lipinski definition) is 0. The number of rotatable bonds is 7. The van der Waals surface area contributed by atoms with Gasteiger partial charge in [0.25, 0.3) is 5.69 Å². The molecule has 0 aliphatic carbocycles. The fraction of sp³-hybridized carbons (Fsp3) is 0.150. The number of nitriles is 1. The van der Waals surface area contributed by atoms with E-state index in [0.717, 1.165) is 11.3 Å². The summed E-state index contributed by atoms with van der Waals surface area (Å²) in [6.07, 6.45) is 1.40. The summed E-state index contributed by atoms with van der Waals surface area (Å²) < 4.78 is 7.14. The van der Waals surface area contributed by atoms with Crippen molar-refractivity contribution in [3.8, 4) is 23.2 Å². The second-order valence-electron chi connectivity index (χ2n) is 5.82. The lowest BCUT2D eigenvalue weighted by atomic mass is 10.2. The first-order valence-corrected chi connectivity index (χ1v) is 9.49. The second kappa shape index (κ2) is 9.03. The van der Waals surface area contributed by atoms with Gasteiger partial charge in [-0.1, -0.05) is 0 Å². The maximum Gasteiger partial charge on any atom is 0.269 e. The molecule has 3 rings (SSSR count). The topological polar surface area (TPSA) is 107 Å². The molecule has 146 valence electrons. The number of methoxy groups -OCH3 is 1. The smallest absolute Gasteiger partial charge is 0.269 e. The maximum atomic E-state index is 10.9. The van der Waals surface area contributed by atoms with E-state index in [2.05, 4.69) is 10.2 Å². The summed E-state index contributed by atoms with van der Waals surface area (Å²) in [6.45, 7) is 2.62. The third kappa shape index (κ3) is 4.44. The van der Waals surface area contributed by atoms with Gasteiger partial charge in [-0.2, -0.15) is 5.26 Å². The number of hydrogen-bond acceptors (Lipinski definition) is 7. The number of thioether (sulfide) groups is 1. The van der Waals surface area contributed by atoms with Crippen LogP contribution in [0.4, 0.5) is 5.69 Å². The van der Waals surface area contributed by atoms with Crippen LogP contribution in [-0.4, -0.2) is 26.8 Å². The molecule has 1 heterocycles. The number of nitro groups is 1. The first-order chi connectivity index (χ1) is 14.1. The molecular weight excluding hydrogens is 390 g/mol. The predicted octanol–water partition coefficient (Wildman–Crippen LogP) is 4.54. The van der Waals surface area contributed by atoms with E-state index in [0.29, 0.717) is 28.0 Å². The Morgan fingerprint density at radius 3 is 2.48 bits per heavy atom. The highest BCUT2D eigenvalue weighted by atomic mass is 32.2. The molecule has 0 radical (unpaired) electrons. The number of nitro benzene ring substituents is 1. The van der Waals surface area contributed by atoms with Crippen LogP contribution in [0.3, 0.4) is 0 Å². The van der Waals surface area contributed by atoms with Crippen molar-refractivity contribution in [2.45, 2.75) is 18.6 Å². The summed E-state index contributed by atoms with van der Waals surface area (Å²) in [5.41, 5.74) is 1.58. The molecule has 0 aliphatic heterocycles. The molecular formula is C20H17N5O3S. The molecule has 0 unspecified atom stereocenters. The minimum absolute atomic E-state index is 0.00595. The summed E-state index contributed by atoms with van der Waals surface area (Å²) in [7, 11) is 1.61. The molecule has 0 aliphatic rings. The van der Waals surface area contributed by atoms with Crippen LogP contribution in [0.5, 0.6) is 5.75 Å². The van der Waals surface area contributed by atoms with Gasteiger partial charge < -0.3 is 9.30 Å². The standard InChI is InChI=1S/C20H17N5O3S/c1-3-24-19(15-6-10-17(28-2)11-7-15)22-23-20(24)29-18(12-13-21)14-4-8-16(9-5-14)25(26)27/h4-12H,3H2,1-2H3/b18-12-. The zero-order valence-corrected chi connectivity index (χ0v) is 16.6. The Morgan fingerprint density at radius 1 is 1.24 bits per heavy atom. The summed E-state index contributed by atoms with van der Waals surface area (Å²) in [6, 6.07) is 15.6. The quantitative estimate of drug-likeness (QED) is 0.245. The minimum atomic E-state index is -0.459. The second-order valence-corrected chi connectivity index (χ2v) is 6.83. The van der Waals surface area contributed by atoms with Crippen molar-refractivity contribution in [2.24, 2.45) is 0 Å². The zero-order chi connectivity index (χ0) is 20.8. The van der Waals surface area contributed by atoms with Crippen LogP contribution in [0.1, 0.15) is 12.5 Å². The van der Waals surface area contributed by atoms with Crippen molar-refractivity contribution >= 4 is 22.4 Å². The van der Waals surface area contributed by atoms with Gasteiger partial charge >= 0.3 is 0 Å². The van der Waals surface area contributed by atoms with Crippen LogP contribution < -0.4 is 4.74 Å².